The van der Waals surface area contributed by atoms with Gasteiger partial charge in [0, 0.05) is 48.8 Å². The van der Waals surface area contributed by atoms with Crippen molar-refractivity contribution in [2.24, 2.45) is 0 Å². The van der Waals surface area contributed by atoms with Gasteiger partial charge in [0.05, 0.1) is 0 Å². The van der Waals surface area contributed by atoms with E-state index in [1.165, 1.54) is 154 Å². The molecule has 0 saturated heterocycles. The van der Waals surface area contributed by atoms with Crippen molar-refractivity contribution in [3.63, 3.8) is 0 Å². The zero-order valence-electron chi connectivity index (χ0n) is 42.3. The molecule has 2 nitrogen and oxygen atoms in total. The van der Waals surface area contributed by atoms with E-state index in [9.17, 15) is 0 Å². The molecule has 0 fully saturated rings. The molecule has 0 bridgehead atoms. The maximum Gasteiger partial charge on any atom is 0.199 e. The van der Waals surface area contributed by atoms with Gasteiger partial charge in [-0.15, -0.1) is 11.3 Å². The summed E-state index contributed by atoms with van der Waals surface area (Å²) in [7, 11) is 2.57. The van der Waals surface area contributed by atoms with Crippen molar-refractivity contribution in [2.45, 2.75) is 168 Å². The summed E-state index contributed by atoms with van der Waals surface area (Å²) in [6.45, 7) is 34.1. The fraction of sp³-hybridized carbons (Fsp3) is 0.419. The van der Waals surface area contributed by atoms with Crippen LogP contribution in [0.25, 0.3) is 31.3 Å². The van der Waals surface area contributed by atoms with Gasteiger partial charge in [-0.05, 0) is 200 Å². The fourth-order valence-electron chi connectivity index (χ4n) is 12.7. The lowest BCUT2D eigenvalue weighted by Crippen LogP contribution is -2.42. The largest absolute Gasteiger partial charge is 0.355 e. The van der Waals surface area contributed by atoms with Crippen LogP contribution in [0.15, 0.2) is 91.0 Å². The normalized spacial score (nSPS) is 20.1. The monoisotopic (exact) mass is 886 g/mol. The van der Waals surface area contributed by atoms with Crippen molar-refractivity contribution in [2.75, 3.05) is 10.2 Å². The summed E-state index contributed by atoms with van der Waals surface area (Å²) in [5, 5.41) is 6.85. The highest BCUT2D eigenvalue weighted by Crippen LogP contribution is 2.53. The number of aryl methyl sites for hydroxylation is 2. The molecule has 3 aliphatic carbocycles. The van der Waals surface area contributed by atoms with Gasteiger partial charge in [-0.1, -0.05) is 126 Å². The lowest BCUT2D eigenvalue weighted by atomic mass is 9.57. The molecular weight excluding hydrogens is 816 g/mol. The minimum Gasteiger partial charge on any atom is -0.355 e. The highest BCUT2D eigenvalue weighted by atomic mass is 32.1. The predicted octanol–water partition coefficient (Wildman–Crippen LogP) is 16.6. The van der Waals surface area contributed by atoms with E-state index < -0.39 is 0 Å². The smallest absolute Gasteiger partial charge is 0.199 e. The highest BCUT2D eigenvalue weighted by molar-refractivity contribution is 7.27. The lowest BCUT2D eigenvalue weighted by molar-refractivity contribution is 0.332. The van der Waals surface area contributed by atoms with Gasteiger partial charge in [-0.3, -0.25) is 0 Å². The van der Waals surface area contributed by atoms with Crippen molar-refractivity contribution >= 4 is 78.2 Å². The molecular formula is C62H70BN2S. The maximum atomic E-state index is 4.17. The van der Waals surface area contributed by atoms with Crippen LogP contribution >= 0.6 is 11.3 Å². The first kappa shape index (κ1) is 43.8. The number of hydrogen-bond acceptors (Lipinski definition) is 3. The van der Waals surface area contributed by atoms with Crippen LogP contribution in [0, 0.1) is 13.8 Å². The van der Waals surface area contributed by atoms with Gasteiger partial charge in [0.15, 0.2) is 7.28 Å². The second kappa shape index (κ2) is 14.4. The number of hydrogen-bond donors (Lipinski definition) is 1. The molecule has 1 aliphatic heterocycles. The molecule has 2 heterocycles. The van der Waals surface area contributed by atoms with Crippen LogP contribution in [0.3, 0.4) is 0 Å². The van der Waals surface area contributed by atoms with Crippen LogP contribution in [0.2, 0.25) is 0 Å². The molecule has 1 radical (unpaired) electrons. The van der Waals surface area contributed by atoms with E-state index in [2.05, 4.69) is 205 Å². The Kier molecular flexibility index (Phi) is 9.52. The quantitative estimate of drug-likeness (QED) is 0.177. The number of rotatable bonds is 4. The zero-order chi connectivity index (χ0) is 46.7. The molecule has 0 spiro atoms. The number of nitrogens with one attached hydrogen (secondary N) is 1. The second-order valence-electron chi connectivity index (χ2n) is 25.0. The molecule has 337 valence electrons. The standard InChI is InChI=1S/C62H70BN2S/c1-36-29-42(41-33-46-47(61(11,12)27-26-60(46,9)10)34-49(41)64-38-19-21-43-45(32-38)59(7,8)24-23-57(43,3)4)54-52(30-36)65(51-35-48-44(31-37(51)2)58(5,6)25-28-62(48,13)14)50-22-20-40-39-17-15-16-18-53(39)66-56(40)55(50)63-54/h15-22,29-35,64H,23-28H2,1-14H3. The van der Waals surface area contributed by atoms with Crippen molar-refractivity contribution < 1.29 is 0 Å². The van der Waals surface area contributed by atoms with Gasteiger partial charge >= 0.3 is 0 Å². The Balaban J connectivity index is 1.19. The van der Waals surface area contributed by atoms with E-state index in [1.54, 1.807) is 0 Å². The Labute approximate surface area is 400 Å². The van der Waals surface area contributed by atoms with E-state index in [1.807, 2.05) is 11.3 Å². The van der Waals surface area contributed by atoms with Gasteiger partial charge in [0.25, 0.3) is 0 Å². The minimum absolute atomic E-state index is 0.0514. The summed E-state index contributed by atoms with van der Waals surface area (Å²) in [6, 6.07) is 36.3. The van der Waals surface area contributed by atoms with Crippen LogP contribution in [0.1, 0.15) is 166 Å². The zero-order valence-corrected chi connectivity index (χ0v) is 43.2. The molecule has 66 heavy (non-hydrogen) atoms. The van der Waals surface area contributed by atoms with Crippen molar-refractivity contribution in [3.8, 4) is 11.1 Å². The van der Waals surface area contributed by atoms with E-state index in [0.29, 0.717) is 0 Å². The molecule has 1 aromatic heterocycles. The van der Waals surface area contributed by atoms with Crippen LogP contribution in [-0.4, -0.2) is 7.28 Å². The minimum atomic E-state index is 0.0514. The van der Waals surface area contributed by atoms with Crippen LogP contribution in [0.4, 0.5) is 28.4 Å². The molecule has 11 rings (SSSR count). The summed E-state index contributed by atoms with van der Waals surface area (Å²) in [6.07, 6.45) is 7.13. The van der Waals surface area contributed by atoms with Crippen molar-refractivity contribution in [1.82, 2.24) is 0 Å². The van der Waals surface area contributed by atoms with Crippen molar-refractivity contribution in [1.29, 1.82) is 0 Å². The highest BCUT2D eigenvalue weighted by Gasteiger charge is 2.42. The number of fused-ring (bicyclic) bond motifs is 9. The first-order chi connectivity index (χ1) is 31.0. The molecule has 0 unspecified atom stereocenters. The van der Waals surface area contributed by atoms with Gasteiger partial charge in [0.2, 0.25) is 0 Å². The first-order valence-corrected chi connectivity index (χ1v) is 25.8. The van der Waals surface area contributed by atoms with Gasteiger partial charge in [0.1, 0.15) is 0 Å². The average molecular weight is 886 g/mol. The first-order valence-electron chi connectivity index (χ1n) is 25.0. The van der Waals surface area contributed by atoms with Gasteiger partial charge in [-0.25, -0.2) is 0 Å². The molecule has 1 N–H and O–H groups in total. The number of thiophene rings is 1. The SMILES string of the molecule is Cc1cc(-c2cc3c(cc2Nc2ccc4c(c2)C(C)(C)CCC4(C)C)C(C)(C)CCC3(C)C)c2c(c1)N(c1cc3c(cc1C)C(C)(C)CCC3(C)C)c1ccc3c(sc4ccccc43)c1[B]2. The van der Waals surface area contributed by atoms with Crippen LogP contribution in [0.5, 0.6) is 0 Å². The molecule has 0 saturated carbocycles. The number of nitrogens with zero attached hydrogens (tertiary/aromatic N) is 1. The fourth-order valence-corrected chi connectivity index (χ4v) is 13.9. The lowest BCUT2D eigenvalue weighted by Gasteiger charge is -2.44. The second-order valence-corrected chi connectivity index (χ2v) is 26.1. The average Bonchev–Trinajstić information content (AvgIpc) is 3.64. The van der Waals surface area contributed by atoms with E-state index in [0.717, 1.165) is 0 Å². The molecule has 0 atom stereocenters. The van der Waals surface area contributed by atoms with Gasteiger partial charge in [-0.2, -0.15) is 0 Å². The third-order valence-electron chi connectivity index (χ3n) is 17.5. The third-order valence-corrected chi connectivity index (χ3v) is 18.7. The third kappa shape index (κ3) is 6.69. The van der Waals surface area contributed by atoms with E-state index in [-0.39, 0.29) is 32.5 Å². The number of benzene rings is 6. The topological polar surface area (TPSA) is 15.3 Å². The summed E-state index contributed by atoms with van der Waals surface area (Å²) in [4.78, 5) is 2.66. The number of anilines is 5. The Morgan fingerprint density at radius 3 is 1.68 bits per heavy atom. The molecule has 4 aliphatic rings. The van der Waals surface area contributed by atoms with E-state index >= 15 is 0 Å². The Morgan fingerprint density at radius 1 is 0.470 bits per heavy atom. The summed E-state index contributed by atoms with van der Waals surface area (Å²) < 4.78 is 2.70. The summed E-state index contributed by atoms with van der Waals surface area (Å²) >= 11 is 1.94. The maximum absolute atomic E-state index is 4.17. The summed E-state index contributed by atoms with van der Waals surface area (Å²) in [5.74, 6) is 0. The molecule has 7 aromatic rings. The van der Waals surface area contributed by atoms with Gasteiger partial charge < -0.3 is 10.2 Å². The Bertz CT molecular complexity index is 3190. The predicted molar refractivity (Wildman–Crippen MR) is 290 cm³/mol. The molecule has 6 aromatic carbocycles. The van der Waals surface area contributed by atoms with E-state index in [4.69, 9.17) is 0 Å². The van der Waals surface area contributed by atoms with Crippen LogP contribution < -0.4 is 21.1 Å². The Hall–Kier alpha value is -4.80. The Morgan fingerprint density at radius 2 is 1.03 bits per heavy atom. The molecule has 4 heteroatoms. The summed E-state index contributed by atoms with van der Waals surface area (Å²) in [5.41, 5.74) is 23.5. The van der Waals surface area contributed by atoms with Crippen molar-refractivity contribution in [3.05, 3.63) is 136 Å². The molecule has 0 amide bonds. The van der Waals surface area contributed by atoms with Crippen LogP contribution in [-0.2, 0) is 32.5 Å².